The molecule has 1 aromatic heterocycles. The van der Waals surface area contributed by atoms with Crippen molar-refractivity contribution in [3.05, 3.63) is 52.6 Å². The summed E-state index contributed by atoms with van der Waals surface area (Å²) in [6.07, 6.45) is -0.548. The smallest absolute Gasteiger partial charge is 0.283 e. The van der Waals surface area contributed by atoms with Crippen LogP contribution < -0.4 is 0 Å². The lowest BCUT2D eigenvalue weighted by molar-refractivity contribution is 0.0712. The van der Waals surface area contributed by atoms with E-state index in [1.165, 1.54) is 11.9 Å². The highest BCUT2D eigenvalue weighted by atomic mass is 19.3. The molecule has 1 heterocycles. The van der Waals surface area contributed by atoms with Crippen molar-refractivity contribution in [2.24, 2.45) is 7.05 Å². The molecule has 3 rings (SSSR count). The molecule has 0 bridgehead atoms. The topological polar surface area (TPSA) is 38.1 Å². The summed E-state index contributed by atoms with van der Waals surface area (Å²) in [5, 5.41) is 3.47. The molecule has 0 unspecified atom stereocenters. The molecule has 1 fully saturated rings. The molecule has 134 valence electrons. The number of halogens is 3. The Balaban J connectivity index is 1.92. The lowest BCUT2D eigenvalue weighted by atomic mass is 10.1. The highest BCUT2D eigenvalue weighted by molar-refractivity contribution is 5.96. The number of benzene rings is 1. The highest BCUT2D eigenvalue weighted by Crippen LogP contribution is 2.32. The van der Waals surface area contributed by atoms with Gasteiger partial charge < -0.3 is 4.90 Å². The standard InChI is InChI=1S/C18H20F3N3O/c1-3-11-5-4-6-12(9-11)10-24(13-7-8-13)18(25)14-15(16(19)20)22-23(2)17(14)21/h4-6,9,13,16H,3,7-8,10H2,1-2H3. The summed E-state index contributed by atoms with van der Waals surface area (Å²) in [6, 6.07) is 7.72. The van der Waals surface area contributed by atoms with Gasteiger partial charge in [0.05, 0.1) is 0 Å². The van der Waals surface area contributed by atoms with Crippen LogP contribution in [0.2, 0.25) is 0 Å². The maximum Gasteiger partial charge on any atom is 0.283 e. The molecule has 1 saturated carbocycles. The third kappa shape index (κ3) is 3.55. The maximum absolute atomic E-state index is 14.3. The van der Waals surface area contributed by atoms with Crippen molar-refractivity contribution in [2.75, 3.05) is 0 Å². The third-order valence-electron chi connectivity index (χ3n) is 4.43. The van der Waals surface area contributed by atoms with Crippen molar-refractivity contribution in [1.29, 1.82) is 0 Å². The van der Waals surface area contributed by atoms with Crippen LogP contribution in [0, 0.1) is 5.95 Å². The van der Waals surface area contributed by atoms with Crippen molar-refractivity contribution in [3.8, 4) is 0 Å². The van der Waals surface area contributed by atoms with E-state index < -0.39 is 29.5 Å². The quantitative estimate of drug-likeness (QED) is 0.792. The van der Waals surface area contributed by atoms with Gasteiger partial charge in [0.2, 0.25) is 5.95 Å². The second-order valence-corrected chi connectivity index (χ2v) is 6.31. The molecule has 7 heteroatoms. The SMILES string of the molecule is CCc1cccc(CN(C(=O)c2c(C(F)F)nn(C)c2F)C2CC2)c1. The van der Waals surface area contributed by atoms with E-state index in [-0.39, 0.29) is 12.6 Å². The van der Waals surface area contributed by atoms with Crippen LogP contribution in [0.3, 0.4) is 0 Å². The second kappa shape index (κ2) is 6.90. The fourth-order valence-corrected chi connectivity index (χ4v) is 2.91. The summed E-state index contributed by atoms with van der Waals surface area (Å²) < 4.78 is 41.3. The first-order chi connectivity index (χ1) is 11.9. The van der Waals surface area contributed by atoms with Crippen LogP contribution in [0.25, 0.3) is 0 Å². The zero-order valence-corrected chi connectivity index (χ0v) is 14.2. The molecule has 2 aromatic rings. The van der Waals surface area contributed by atoms with Crippen LogP contribution in [0.15, 0.2) is 24.3 Å². The van der Waals surface area contributed by atoms with Gasteiger partial charge in [0, 0.05) is 19.6 Å². The summed E-state index contributed by atoms with van der Waals surface area (Å²) in [5.74, 6) is -1.74. The number of aromatic nitrogens is 2. The minimum Gasteiger partial charge on any atom is -0.331 e. The molecule has 0 radical (unpaired) electrons. The molecule has 1 aliphatic carbocycles. The number of hydrogen-bond donors (Lipinski definition) is 0. The van der Waals surface area contributed by atoms with Crippen LogP contribution in [0.5, 0.6) is 0 Å². The summed E-state index contributed by atoms with van der Waals surface area (Å²) in [7, 11) is 1.21. The molecule has 0 saturated heterocycles. The number of nitrogens with zero attached hydrogens (tertiary/aromatic N) is 3. The van der Waals surface area contributed by atoms with Crippen LogP contribution in [0.1, 0.15) is 53.4 Å². The van der Waals surface area contributed by atoms with Gasteiger partial charge in [-0.25, -0.2) is 13.5 Å². The number of rotatable bonds is 6. The normalized spacial score (nSPS) is 14.2. The van der Waals surface area contributed by atoms with Crippen molar-refractivity contribution in [1.82, 2.24) is 14.7 Å². The zero-order valence-electron chi connectivity index (χ0n) is 14.2. The monoisotopic (exact) mass is 351 g/mol. The Morgan fingerprint density at radius 3 is 2.64 bits per heavy atom. The van der Waals surface area contributed by atoms with E-state index >= 15 is 0 Å². The van der Waals surface area contributed by atoms with Gasteiger partial charge in [-0.1, -0.05) is 31.2 Å². The number of carbonyl (C=O) groups excluding carboxylic acids is 1. The summed E-state index contributed by atoms with van der Waals surface area (Å²) in [4.78, 5) is 14.3. The Morgan fingerprint density at radius 2 is 2.04 bits per heavy atom. The second-order valence-electron chi connectivity index (χ2n) is 6.31. The Labute approximate surface area is 144 Å². The van der Waals surface area contributed by atoms with E-state index in [4.69, 9.17) is 0 Å². The number of carbonyl (C=O) groups is 1. The highest BCUT2D eigenvalue weighted by Gasteiger charge is 2.38. The van der Waals surface area contributed by atoms with Gasteiger partial charge in [-0.15, -0.1) is 0 Å². The molecule has 0 aliphatic heterocycles. The molecular formula is C18H20F3N3O. The van der Waals surface area contributed by atoms with E-state index in [1.807, 2.05) is 31.2 Å². The first kappa shape index (κ1) is 17.5. The Bertz CT molecular complexity index is 784. The lowest BCUT2D eigenvalue weighted by Crippen LogP contribution is -2.33. The molecule has 25 heavy (non-hydrogen) atoms. The van der Waals surface area contributed by atoms with Crippen LogP contribution in [0.4, 0.5) is 13.2 Å². The molecule has 1 amide bonds. The zero-order chi connectivity index (χ0) is 18.1. The summed E-state index contributed by atoms with van der Waals surface area (Å²) in [6.45, 7) is 2.30. The first-order valence-electron chi connectivity index (χ1n) is 8.31. The van der Waals surface area contributed by atoms with E-state index in [0.717, 1.165) is 30.4 Å². The average molecular weight is 351 g/mol. The molecule has 0 spiro atoms. The largest absolute Gasteiger partial charge is 0.331 e. The maximum atomic E-state index is 14.3. The molecule has 1 aromatic carbocycles. The number of amides is 1. The Morgan fingerprint density at radius 1 is 1.36 bits per heavy atom. The van der Waals surface area contributed by atoms with Crippen molar-refractivity contribution in [3.63, 3.8) is 0 Å². The predicted octanol–water partition coefficient (Wildman–Crippen LogP) is 3.86. The van der Waals surface area contributed by atoms with Crippen LogP contribution >= 0.6 is 0 Å². The fraction of sp³-hybridized carbons (Fsp3) is 0.444. The van der Waals surface area contributed by atoms with Crippen LogP contribution in [-0.2, 0) is 20.0 Å². The van der Waals surface area contributed by atoms with Crippen molar-refractivity contribution in [2.45, 2.75) is 45.2 Å². The number of hydrogen-bond acceptors (Lipinski definition) is 2. The molecule has 4 nitrogen and oxygen atoms in total. The molecule has 0 atom stereocenters. The van der Waals surface area contributed by atoms with E-state index in [2.05, 4.69) is 5.10 Å². The van der Waals surface area contributed by atoms with Gasteiger partial charge in [-0.2, -0.15) is 9.49 Å². The summed E-state index contributed by atoms with van der Waals surface area (Å²) >= 11 is 0. The molecule has 0 N–H and O–H groups in total. The van der Waals surface area contributed by atoms with Gasteiger partial charge in [0.25, 0.3) is 12.3 Å². The predicted molar refractivity (Wildman–Crippen MR) is 86.8 cm³/mol. The lowest BCUT2D eigenvalue weighted by Gasteiger charge is -2.23. The summed E-state index contributed by atoms with van der Waals surface area (Å²) in [5.41, 5.74) is 0.623. The minimum atomic E-state index is -3.00. The van der Waals surface area contributed by atoms with Gasteiger partial charge in [0.15, 0.2) is 0 Å². The number of aryl methyl sites for hydroxylation is 2. The van der Waals surface area contributed by atoms with E-state index in [9.17, 15) is 18.0 Å². The minimum absolute atomic E-state index is 0.0390. The molecule has 1 aliphatic rings. The van der Waals surface area contributed by atoms with E-state index in [1.54, 1.807) is 0 Å². The Hall–Kier alpha value is -2.31. The average Bonchev–Trinajstić information content (AvgIpc) is 3.38. The van der Waals surface area contributed by atoms with Crippen molar-refractivity contribution >= 4 is 5.91 Å². The Kier molecular flexibility index (Phi) is 4.83. The molecular weight excluding hydrogens is 331 g/mol. The van der Waals surface area contributed by atoms with Gasteiger partial charge in [-0.3, -0.25) is 4.79 Å². The van der Waals surface area contributed by atoms with Gasteiger partial charge in [-0.05, 0) is 30.4 Å². The van der Waals surface area contributed by atoms with Crippen LogP contribution in [-0.4, -0.2) is 26.6 Å². The van der Waals surface area contributed by atoms with E-state index in [0.29, 0.717) is 4.68 Å². The van der Waals surface area contributed by atoms with Gasteiger partial charge >= 0.3 is 0 Å². The fourth-order valence-electron chi connectivity index (χ4n) is 2.91. The number of alkyl halides is 2. The third-order valence-corrected chi connectivity index (χ3v) is 4.43. The van der Waals surface area contributed by atoms with Crippen molar-refractivity contribution < 1.29 is 18.0 Å². The van der Waals surface area contributed by atoms with Gasteiger partial charge in [0.1, 0.15) is 11.3 Å². The first-order valence-corrected chi connectivity index (χ1v) is 8.31.